The number of benzene rings is 1. The fraction of sp³-hybridized carbons (Fsp3) is 0.462. The molecule has 1 aromatic carbocycles. The van der Waals surface area contributed by atoms with Gasteiger partial charge in [-0.05, 0) is 16.5 Å². The van der Waals surface area contributed by atoms with Crippen molar-refractivity contribution in [3.63, 3.8) is 0 Å². The predicted molar refractivity (Wildman–Crippen MR) is 62.4 cm³/mol. The van der Waals surface area contributed by atoms with Crippen LogP contribution in [0.2, 0.25) is 0 Å². The van der Waals surface area contributed by atoms with E-state index in [9.17, 15) is 9.90 Å². The van der Waals surface area contributed by atoms with Crippen molar-refractivity contribution in [2.24, 2.45) is 0 Å². The molecule has 88 valence electrons. The number of hydrogen-bond donors (Lipinski definition) is 2. The second-order valence-corrected chi connectivity index (χ2v) is 4.99. The first-order valence-corrected chi connectivity index (χ1v) is 5.31. The number of carbonyl (C=O) groups is 1. The zero-order valence-electron chi connectivity index (χ0n) is 9.90. The molecule has 0 unspecified atom stereocenters. The molecule has 0 aromatic heterocycles. The van der Waals surface area contributed by atoms with Gasteiger partial charge in [0.2, 0.25) is 0 Å². The van der Waals surface area contributed by atoms with Crippen LogP contribution in [0.3, 0.4) is 0 Å². The molecule has 0 fully saturated rings. The maximum absolute atomic E-state index is 10.5. The maximum atomic E-state index is 10.5. The summed E-state index contributed by atoms with van der Waals surface area (Å²) in [7, 11) is 0. The normalized spacial score (nSPS) is 13.5. The van der Waals surface area contributed by atoms with Gasteiger partial charge in [-0.15, -0.1) is 0 Å². The topological polar surface area (TPSA) is 57.5 Å². The molecule has 0 saturated carbocycles. The number of aliphatic carboxylic acids is 1. The smallest absolute Gasteiger partial charge is 0.306 e. The highest BCUT2D eigenvalue weighted by Crippen LogP contribution is 2.26. The zero-order valence-corrected chi connectivity index (χ0v) is 9.90. The number of rotatable bonds is 3. The highest BCUT2D eigenvalue weighted by molar-refractivity contribution is 5.67. The molecular weight excluding hydrogens is 204 g/mol. The molecule has 0 radical (unpaired) electrons. The van der Waals surface area contributed by atoms with Crippen LogP contribution < -0.4 is 0 Å². The average Bonchev–Trinajstić information content (AvgIpc) is 2.15. The Bertz CT molecular complexity index is 377. The Hall–Kier alpha value is -1.35. The summed E-state index contributed by atoms with van der Waals surface area (Å²) in [6.07, 6.45) is -1.19. The molecule has 0 aliphatic carbocycles. The van der Waals surface area contributed by atoms with Crippen molar-refractivity contribution in [2.45, 2.75) is 38.7 Å². The molecule has 0 bridgehead atoms. The fourth-order valence-corrected chi connectivity index (χ4v) is 1.50. The summed E-state index contributed by atoms with van der Waals surface area (Å²) in [5.41, 5.74) is 1.75. The lowest BCUT2D eigenvalue weighted by Crippen LogP contribution is -2.12. The second-order valence-electron chi connectivity index (χ2n) is 4.99. The molecule has 1 rings (SSSR count). The van der Waals surface area contributed by atoms with E-state index in [4.69, 9.17) is 5.11 Å². The average molecular weight is 222 g/mol. The fourth-order valence-electron chi connectivity index (χ4n) is 1.50. The van der Waals surface area contributed by atoms with Crippen LogP contribution in [-0.2, 0) is 10.2 Å². The lowest BCUT2D eigenvalue weighted by atomic mass is 9.85. The Kier molecular flexibility index (Phi) is 3.70. The summed E-state index contributed by atoms with van der Waals surface area (Å²) >= 11 is 0. The summed E-state index contributed by atoms with van der Waals surface area (Å²) in [5.74, 6) is -0.992. The Morgan fingerprint density at radius 3 is 2.50 bits per heavy atom. The molecule has 0 heterocycles. The van der Waals surface area contributed by atoms with Crippen LogP contribution >= 0.6 is 0 Å². The predicted octanol–water partition coefficient (Wildman–Crippen LogP) is 2.49. The van der Waals surface area contributed by atoms with Gasteiger partial charge >= 0.3 is 5.97 Å². The quantitative estimate of drug-likeness (QED) is 0.826. The van der Waals surface area contributed by atoms with Crippen molar-refractivity contribution in [1.82, 2.24) is 0 Å². The van der Waals surface area contributed by atoms with Gasteiger partial charge in [-0.2, -0.15) is 0 Å². The number of aliphatic hydroxyl groups excluding tert-OH is 1. The van der Waals surface area contributed by atoms with Gasteiger partial charge in [0, 0.05) is 0 Å². The molecule has 2 N–H and O–H groups in total. The van der Waals surface area contributed by atoms with Gasteiger partial charge in [-0.3, -0.25) is 4.79 Å². The van der Waals surface area contributed by atoms with Gasteiger partial charge in [0.25, 0.3) is 0 Å². The van der Waals surface area contributed by atoms with E-state index >= 15 is 0 Å². The van der Waals surface area contributed by atoms with Gasteiger partial charge in [0.1, 0.15) is 0 Å². The first-order chi connectivity index (χ1) is 7.30. The van der Waals surface area contributed by atoms with Crippen molar-refractivity contribution in [2.75, 3.05) is 0 Å². The van der Waals surface area contributed by atoms with Crippen LogP contribution in [0.1, 0.15) is 44.4 Å². The van der Waals surface area contributed by atoms with Crippen molar-refractivity contribution in [3.05, 3.63) is 35.4 Å². The zero-order chi connectivity index (χ0) is 12.3. The van der Waals surface area contributed by atoms with Crippen LogP contribution in [0.4, 0.5) is 0 Å². The molecular formula is C13H18O3. The lowest BCUT2D eigenvalue weighted by molar-refractivity contribution is -0.139. The van der Waals surface area contributed by atoms with Crippen LogP contribution in [0, 0.1) is 0 Å². The van der Waals surface area contributed by atoms with E-state index in [0.29, 0.717) is 5.56 Å². The molecule has 0 saturated heterocycles. The van der Waals surface area contributed by atoms with Gasteiger partial charge in [-0.1, -0.05) is 45.0 Å². The number of carboxylic acid groups (broad SMARTS) is 1. The molecule has 0 aliphatic rings. The van der Waals surface area contributed by atoms with Gasteiger partial charge in [0.05, 0.1) is 12.5 Å². The van der Waals surface area contributed by atoms with Crippen LogP contribution in [0.25, 0.3) is 0 Å². The standard InChI is InChI=1S/C13H18O3/c1-13(2,3)10-6-4-5-9(7-10)11(14)8-12(15)16/h4-7,11,14H,8H2,1-3H3,(H,15,16)/t11-/m1/s1. The summed E-state index contributed by atoms with van der Waals surface area (Å²) in [4.78, 5) is 10.5. The summed E-state index contributed by atoms with van der Waals surface area (Å²) in [6.45, 7) is 6.24. The van der Waals surface area contributed by atoms with Gasteiger partial charge in [-0.25, -0.2) is 0 Å². The molecule has 3 nitrogen and oxygen atoms in total. The van der Waals surface area contributed by atoms with Crippen molar-refractivity contribution >= 4 is 5.97 Å². The van der Waals surface area contributed by atoms with E-state index in [0.717, 1.165) is 5.56 Å². The lowest BCUT2D eigenvalue weighted by Gasteiger charge is -2.20. The minimum atomic E-state index is -0.992. The third kappa shape index (κ3) is 3.35. The van der Waals surface area contributed by atoms with E-state index in [1.165, 1.54) is 0 Å². The maximum Gasteiger partial charge on any atom is 0.306 e. The van der Waals surface area contributed by atoms with E-state index in [1.807, 2.05) is 18.2 Å². The Balaban J connectivity index is 2.94. The highest BCUT2D eigenvalue weighted by Gasteiger charge is 2.17. The minimum Gasteiger partial charge on any atom is -0.481 e. The summed E-state index contributed by atoms with van der Waals surface area (Å²) in [5, 5.41) is 18.3. The molecule has 0 aliphatic heterocycles. The van der Waals surface area contributed by atoms with Crippen molar-refractivity contribution in [1.29, 1.82) is 0 Å². The van der Waals surface area contributed by atoms with E-state index in [-0.39, 0.29) is 11.8 Å². The Morgan fingerprint density at radius 1 is 1.38 bits per heavy atom. The molecule has 1 aromatic rings. The molecule has 3 heteroatoms. The second kappa shape index (κ2) is 4.66. The van der Waals surface area contributed by atoms with Crippen molar-refractivity contribution in [3.8, 4) is 0 Å². The van der Waals surface area contributed by atoms with E-state index in [1.54, 1.807) is 6.07 Å². The van der Waals surface area contributed by atoms with Gasteiger partial charge < -0.3 is 10.2 Å². The number of carboxylic acids is 1. The number of hydrogen-bond acceptors (Lipinski definition) is 2. The third-order valence-electron chi connectivity index (χ3n) is 2.51. The SMILES string of the molecule is CC(C)(C)c1cccc([C@H](O)CC(=O)O)c1. The first kappa shape index (κ1) is 12.7. The monoisotopic (exact) mass is 222 g/mol. The largest absolute Gasteiger partial charge is 0.481 e. The third-order valence-corrected chi connectivity index (χ3v) is 2.51. The minimum absolute atomic E-state index is 0.00104. The summed E-state index contributed by atoms with van der Waals surface area (Å²) < 4.78 is 0. The van der Waals surface area contributed by atoms with Crippen LogP contribution in [0.15, 0.2) is 24.3 Å². The summed E-state index contributed by atoms with van der Waals surface area (Å²) in [6, 6.07) is 7.45. The van der Waals surface area contributed by atoms with Gasteiger partial charge in [0.15, 0.2) is 0 Å². The number of aliphatic hydroxyl groups is 1. The van der Waals surface area contributed by atoms with Crippen LogP contribution in [0.5, 0.6) is 0 Å². The molecule has 0 amide bonds. The molecule has 1 atom stereocenters. The van der Waals surface area contributed by atoms with E-state index in [2.05, 4.69) is 20.8 Å². The molecule has 16 heavy (non-hydrogen) atoms. The van der Waals surface area contributed by atoms with Crippen molar-refractivity contribution < 1.29 is 15.0 Å². The Morgan fingerprint density at radius 2 is 2.00 bits per heavy atom. The Labute approximate surface area is 95.7 Å². The first-order valence-electron chi connectivity index (χ1n) is 5.31. The highest BCUT2D eigenvalue weighted by atomic mass is 16.4. The van der Waals surface area contributed by atoms with Crippen LogP contribution in [-0.4, -0.2) is 16.2 Å². The van der Waals surface area contributed by atoms with E-state index < -0.39 is 12.1 Å². The molecule has 0 spiro atoms.